The summed E-state index contributed by atoms with van der Waals surface area (Å²) in [5.41, 5.74) is 6.85. The number of thioether (sulfide) groups is 1. The van der Waals surface area contributed by atoms with Gasteiger partial charge in [-0.1, -0.05) is 13.0 Å². The lowest BCUT2D eigenvalue weighted by Crippen LogP contribution is -2.27. The fraction of sp³-hybridized carbons (Fsp3) is 0.333. The average Bonchev–Trinajstić information content (AvgIpc) is 2.63. The highest BCUT2D eigenvalue weighted by atomic mass is 32.2. The molecule has 1 atom stereocenters. The number of benzene rings is 1. The Labute approximate surface area is 110 Å². The average molecular weight is 265 g/mol. The van der Waals surface area contributed by atoms with E-state index in [4.69, 9.17) is 5.73 Å². The lowest BCUT2D eigenvalue weighted by Gasteiger charge is -2.09. The summed E-state index contributed by atoms with van der Waals surface area (Å²) in [6.45, 7) is 2.69. The van der Waals surface area contributed by atoms with Gasteiger partial charge in [0.25, 0.3) is 0 Å². The predicted molar refractivity (Wildman–Crippen MR) is 71.4 cm³/mol. The molecule has 0 fully saturated rings. The summed E-state index contributed by atoms with van der Waals surface area (Å²) < 4.78 is 0. The molecule has 0 aliphatic carbocycles. The number of likely N-dealkylation sites (N-methyl/N-ethyl adjacent to an activating group) is 1. The number of carbonyl (C=O) groups excluding carboxylic acids is 2. The molecule has 1 aliphatic rings. The molecule has 1 heterocycles. The van der Waals surface area contributed by atoms with Crippen molar-refractivity contribution in [3.8, 4) is 0 Å². The highest BCUT2D eigenvalue weighted by molar-refractivity contribution is 8.00. The molecule has 0 spiro atoms. The number of nitrogens with two attached hydrogens (primary N) is 1. The summed E-state index contributed by atoms with van der Waals surface area (Å²) >= 11 is 1.36. The molecule has 2 rings (SSSR count). The van der Waals surface area contributed by atoms with Crippen molar-refractivity contribution in [3.63, 3.8) is 0 Å². The fourth-order valence-corrected chi connectivity index (χ4v) is 2.57. The molecule has 0 bridgehead atoms. The van der Waals surface area contributed by atoms with Gasteiger partial charge in [-0.25, -0.2) is 0 Å². The Morgan fingerprint density at radius 1 is 1.56 bits per heavy atom. The summed E-state index contributed by atoms with van der Waals surface area (Å²) in [5.74, 6) is -0.150. The Bertz CT molecular complexity index is 490. The third kappa shape index (κ3) is 2.65. The van der Waals surface area contributed by atoms with Crippen molar-refractivity contribution in [2.75, 3.05) is 17.6 Å². The lowest BCUT2D eigenvalue weighted by molar-refractivity contribution is -0.117. The Morgan fingerprint density at radius 3 is 3.00 bits per heavy atom. The zero-order valence-corrected chi connectivity index (χ0v) is 10.8. The van der Waals surface area contributed by atoms with Gasteiger partial charge in [0.05, 0.1) is 5.75 Å². The van der Waals surface area contributed by atoms with Gasteiger partial charge in [-0.05, 0) is 18.7 Å². The molecule has 0 saturated carbocycles. The van der Waals surface area contributed by atoms with Crippen molar-refractivity contribution in [1.29, 1.82) is 0 Å². The number of fused-ring (bicyclic) bond motifs is 1. The minimum Gasteiger partial charge on any atom is -0.369 e. The van der Waals surface area contributed by atoms with Crippen molar-refractivity contribution < 1.29 is 9.59 Å². The molecule has 2 amide bonds. The number of hydrogen-bond acceptors (Lipinski definition) is 4. The molecule has 5 nitrogen and oxygen atoms in total. The van der Waals surface area contributed by atoms with Crippen molar-refractivity contribution in [3.05, 3.63) is 23.8 Å². The second kappa shape index (κ2) is 5.41. The molecule has 0 saturated heterocycles. The SMILES string of the molecule is CCNC1C(=O)Nc2cc(SCC(N)=O)ccc21. The molecule has 0 aromatic heterocycles. The number of amides is 2. The van der Waals surface area contributed by atoms with E-state index in [1.54, 1.807) is 0 Å². The maximum absolute atomic E-state index is 11.7. The standard InChI is InChI=1S/C12H15N3O2S/c1-2-14-11-8-4-3-7(18-6-10(13)16)5-9(8)15-12(11)17/h3-5,11,14H,2,6H2,1H3,(H2,13,16)(H,15,17). The van der Waals surface area contributed by atoms with E-state index >= 15 is 0 Å². The van der Waals surface area contributed by atoms with Gasteiger partial charge >= 0.3 is 0 Å². The first kappa shape index (κ1) is 12.9. The summed E-state index contributed by atoms with van der Waals surface area (Å²) in [6, 6.07) is 5.40. The van der Waals surface area contributed by atoms with Crippen LogP contribution in [-0.2, 0) is 9.59 Å². The van der Waals surface area contributed by atoms with Crippen molar-refractivity contribution in [2.24, 2.45) is 5.73 Å². The second-order valence-electron chi connectivity index (χ2n) is 3.98. The minimum atomic E-state index is -0.352. The number of anilines is 1. The Balaban J connectivity index is 2.17. The van der Waals surface area contributed by atoms with Gasteiger partial charge < -0.3 is 16.4 Å². The lowest BCUT2D eigenvalue weighted by atomic mass is 10.1. The first-order chi connectivity index (χ1) is 8.61. The topological polar surface area (TPSA) is 84.2 Å². The molecule has 1 aliphatic heterocycles. The van der Waals surface area contributed by atoms with E-state index in [1.807, 2.05) is 25.1 Å². The van der Waals surface area contributed by atoms with Crippen molar-refractivity contribution in [1.82, 2.24) is 5.32 Å². The van der Waals surface area contributed by atoms with Crippen LogP contribution in [0.2, 0.25) is 0 Å². The number of hydrogen-bond donors (Lipinski definition) is 3. The second-order valence-corrected chi connectivity index (χ2v) is 5.03. The maximum atomic E-state index is 11.7. The van der Waals surface area contributed by atoms with E-state index in [9.17, 15) is 9.59 Å². The zero-order valence-electron chi connectivity index (χ0n) is 10.0. The minimum absolute atomic E-state index is 0.0381. The quantitative estimate of drug-likeness (QED) is 0.690. The van der Waals surface area contributed by atoms with Gasteiger partial charge in [-0.3, -0.25) is 9.59 Å². The smallest absolute Gasteiger partial charge is 0.246 e. The van der Waals surface area contributed by atoms with Crippen LogP contribution in [0.1, 0.15) is 18.5 Å². The summed E-state index contributed by atoms with van der Waals surface area (Å²) in [5, 5.41) is 5.96. The molecule has 1 aromatic rings. The molecule has 4 N–H and O–H groups in total. The van der Waals surface area contributed by atoms with Crippen LogP contribution in [0.3, 0.4) is 0 Å². The largest absolute Gasteiger partial charge is 0.369 e. The first-order valence-electron chi connectivity index (χ1n) is 5.71. The highest BCUT2D eigenvalue weighted by Gasteiger charge is 2.29. The molecule has 1 aromatic carbocycles. The molecular weight excluding hydrogens is 250 g/mol. The Hall–Kier alpha value is -1.53. The van der Waals surface area contributed by atoms with E-state index in [0.717, 1.165) is 22.7 Å². The monoisotopic (exact) mass is 265 g/mol. The highest BCUT2D eigenvalue weighted by Crippen LogP contribution is 2.34. The van der Waals surface area contributed by atoms with Gasteiger partial charge in [0.2, 0.25) is 11.8 Å². The summed E-state index contributed by atoms with van der Waals surface area (Å²) in [6.07, 6.45) is 0. The third-order valence-corrected chi connectivity index (χ3v) is 3.66. The normalized spacial score (nSPS) is 17.4. The first-order valence-corrected chi connectivity index (χ1v) is 6.69. The van der Waals surface area contributed by atoms with E-state index < -0.39 is 0 Å². The maximum Gasteiger partial charge on any atom is 0.246 e. The van der Waals surface area contributed by atoms with E-state index in [1.165, 1.54) is 11.8 Å². The van der Waals surface area contributed by atoms with Gasteiger partial charge in [0.15, 0.2) is 0 Å². The van der Waals surface area contributed by atoms with Crippen LogP contribution in [0.15, 0.2) is 23.1 Å². The van der Waals surface area contributed by atoms with Gasteiger partial charge in [-0.2, -0.15) is 0 Å². The van der Waals surface area contributed by atoms with E-state index in [0.29, 0.717) is 0 Å². The van der Waals surface area contributed by atoms with Crippen LogP contribution >= 0.6 is 11.8 Å². The summed E-state index contributed by atoms with van der Waals surface area (Å²) in [7, 11) is 0. The van der Waals surface area contributed by atoms with Gasteiger partial charge in [-0.15, -0.1) is 11.8 Å². The molecule has 18 heavy (non-hydrogen) atoms. The Morgan fingerprint density at radius 2 is 2.33 bits per heavy atom. The van der Waals surface area contributed by atoms with Crippen molar-refractivity contribution >= 4 is 29.3 Å². The van der Waals surface area contributed by atoms with Crippen LogP contribution in [0.25, 0.3) is 0 Å². The van der Waals surface area contributed by atoms with Gasteiger partial charge in [0, 0.05) is 16.1 Å². The van der Waals surface area contributed by atoms with Crippen LogP contribution in [0, 0.1) is 0 Å². The number of rotatable bonds is 5. The van der Waals surface area contributed by atoms with Crippen LogP contribution < -0.4 is 16.4 Å². The molecule has 1 unspecified atom stereocenters. The predicted octanol–water partition coefficient (Wildman–Crippen LogP) is 0.867. The van der Waals surface area contributed by atoms with E-state index in [-0.39, 0.29) is 23.6 Å². The van der Waals surface area contributed by atoms with Crippen molar-refractivity contribution in [2.45, 2.75) is 17.9 Å². The van der Waals surface area contributed by atoms with Crippen LogP contribution in [0.5, 0.6) is 0 Å². The fourth-order valence-electron chi connectivity index (χ4n) is 1.89. The molecular formula is C12H15N3O2S. The van der Waals surface area contributed by atoms with Gasteiger partial charge in [0.1, 0.15) is 6.04 Å². The molecule has 96 valence electrons. The molecule has 0 radical (unpaired) electrons. The van der Waals surface area contributed by atoms with E-state index in [2.05, 4.69) is 10.6 Å². The molecule has 6 heteroatoms. The number of nitrogens with one attached hydrogen (secondary N) is 2. The van der Waals surface area contributed by atoms with Crippen LogP contribution in [-0.4, -0.2) is 24.1 Å². The number of carbonyl (C=O) groups is 2. The number of primary amides is 1. The zero-order chi connectivity index (χ0) is 13.1. The summed E-state index contributed by atoms with van der Waals surface area (Å²) in [4.78, 5) is 23.4. The Kier molecular flexibility index (Phi) is 3.88. The third-order valence-electron chi connectivity index (χ3n) is 2.65. The van der Waals surface area contributed by atoms with Crippen LogP contribution in [0.4, 0.5) is 5.69 Å².